The number of hydrogen-bond donors (Lipinski definition) is 0. The molecule has 0 fully saturated rings. The summed E-state index contributed by atoms with van der Waals surface area (Å²) in [6, 6.07) is 4.10. The smallest absolute Gasteiger partial charge is 0.113 e. The van der Waals surface area contributed by atoms with Gasteiger partial charge in [-0.3, -0.25) is 0 Å². The first kappa shape index (κ1) is 9.63. The van der Waals surface area contributed by atoms with Crippen LogP contribution in [0.2, 0.25) is 0 Å². The topological polar surface area (TPSA) is 82.4 Å². The Morgan fingerprint density at radius 3 is 2.21 bits per heavy atom. The van der Waals surface area contributed by atoms with E-state index in [1.165, 1.54) is 18.2 Å². The fraction of sp³-hybridized carbons (Fsp3) is 0.143. The largest absolute Gasteiger partial charge is 0.428 e. The first-order chi connectivity index (χ1) is 6.33. The minimum atomic E-state index is -4.00. The third-order valence-corrected chi connectivity index (χ3v) is 5.36. The van der Waals surface area contributed by atoms with Gasteiger partial charge in [0.1, 0.15) is 20.0 Å². The second-order valence-corrected chi connectivity index (χ2v) is 6.35. The molecule has 2 rings (SSSR count). The molecule has 1 aromatic rings. The second kappa shape index (κ2) is 2.56. The standard InChI is InChI=1S/C7H6NO4S2/c1-5-2-3-6-7(4-5)14(11,12)8-13(6,9)10/h2-4H,1H3/q-1. The lowest BCUT2D eigenvalue weighted by Crippen LogP contribution is -1.92. The van der Waals surface area contributed by atoms with Crippen molar-refractivity contribution in [1.82, 2.24) is 0 Å². The van der Waals surface area contributed by atoms with Gasteiger partial charge in [-0.25, -0.2) is 16.8 Å². The maximum atomic E-state index is 11.3. The summed E-state index contributed by atoms with van der Waals surface area (Å²) in [4.78, 5) is -0.458. The zero-order valence-electron chi connectivity index (χ0n) is 7.13. The lowest BCUT2D eigenvalue weighted by Gasteiger charge is -2.06. The summed E-state index contributed by atoms with van der Waals surface area (Å²) in [5.41, 5.74) is 0.680. The van der Waals surface area contributed by atoms with Crippen LogP contribution in [0.15, 0.2) is 28.0 Å². The molecular formula is C7H6NO4S2-. The Balaban J connectivity index is 2.93. The molecule has 1 aromatic carbocycles. The monoisotopic (exact) mass is 232 g/mol. The molecule has 1 heterocycles. The average molecular weight is 232 g/mol. The summed E-state index contributed by atoms with van der Waals surface area (Å²) < 4.78 is 47.8. The number of sulfonamides is 2. The molecule has 0 aliphatic carbocycles. The molecule has 0 radical (unpaired) electrons. The van der Waals surface area contributed by atoms with Gasteiger partial charge in [-0.1, -0.05) is 6.07 Å². The van der Waals surface area contributed by atoms with Gasteiger partial charge in [0.25, 0.3) is 0 Å². The van der Waals surface area contributed by atoms with Gasteiger partial charge < -0.3 is 4.13 Å². The Morgan fingerprint density at radius 1 is 1.00 bits per heavy atom. The predicted octanol–water partition coefficient (Wildman–Crippen LogP) is 0.760. The Hall–Kier alpha value is -0.920. The summed E-state index contributed by atoms with van der Waals surface area (Å²) in [6.07, 6.45) is 0. The fourth-order valence-electron chi connectivity index (χ4n) is 1.24. The highest BCUT2D eigenvalue weighted by molar-refractivity contribution is 8.14. The summed E-state index contributed by atoms with van der Waals surface area (Å²) in [7, 11) is -7.99. The molecule has 0 saturated carbocycles. The third kappa shape index (κ3) is 1.24. The number of benzene rings is 1. The van der Waals surface area contributed by atoms with Crippen molar-refractivity contribution in [2.24, 2.45) is 0 Å². The van der Waals surface area contributed by atoms with Gasteiger partial charge in [-0.15, -0.1) is 0 Å². The lowest BCUT2D eigenvalue weighted by atomic mass is 10.2. The predicted molar refractivity (Wildman–Crippen MR) is 48.9 cm³/mol. The molecule has 1 aliphatic rings. The number of hydrogen-bond acceptors (Lipinski definition) is 4. The Morgan fingerprint density at radius 2 is 1.57 bits per heavy atom. The molecule has 76 valence electrons. The number of aryl methyl sites for hydroxylation is 1. The van der Waals surface area contributed by atoms with Crippen molar-refractivity contribution in [2.75, 3.05) is 0 Å². The van der Waals surface area contributed by atoms with Crippen LogP contribution in [-0.2, 0) is 20.0 Å². The van der Waals surface area contributed by atoms with Crippen LogP contribution in [0.4, 0.5) is 0 Å². The molecule has 0 bridgehead atoms. The number of fused-ring (bicyclic) bond motifs is 1. The van der Waals surface area contributed by atoms with Gasteiger partial charge in [-0.2, -0.15) is 0 Å². The lowest BCUT2D eigenvalue weighted by molar-refractivity contribution is 0.603. The van der Waals surface area contributed by atoms with Crippen LogP contribution in [0, 0.1) is 6.92 Å². The first-order valence-corrected chi connectivity index (χ1v) is 6.56. The molecule has 0 atom stereocenters. The van der Waals surface area contributed by atoms with Gasteiger partial charge in [-0.05, 0) is 24.6 Å². The van der Waals surface area contributed by atoms with E-state index in [1.54, 1.807) is 6.92 Å². The van der Waals surface area contributed by atoms with Crippen LogP contribution >= 0.6 is 0 Å². The Kier molecular flexibility index (Phi) is 1.76. The molecule has 0 N–H and O–H groups in total. The van der Waals surface area contributed by atoms with Crippen LogP contribution in [-0.4, -0.2) is 16.8 Å². The number of rotatable bonds is 0. The highest BCUT2D eigenvalue weighted by atomic mass is 32.3. The van der Waals surface area contributed by atoms with Gasteiger partial charge in [0.05, 0.1) is 9.79 Å². The van der Waals surface area contributed by atoms with Crippen LogP contribution in [0.1, 0.15) is 5.56 Å². The van der Waals surface area contributed by atoms with E-state index >= 15 is 0 Å². The summed E-state index contributed by atoms with van der Waals surface area (Å²) in [6.45, 7) is 1.68. The fourth-order valence-corrected chi connectivity index (χ4v) is 4.76. The quantitative estimate of drug-likeness (QED) is 0.661. The molecule has 0 spiro atoms. The van der Waals surface area contributed by atoms with E-state index in [1.807, 2.05) is 0 Å². The van der Waals surface area contributed by atoms with Crippen molar-refractivity contribution >= 4 is 20.0 Å². The van der Waals surface area contributed by atoms with E-state index in [0.29, 0.717) is 5.56 Å². The maximum Gasteiger partial charge on any atom is 0.113 e. The van der Waals surface area contributed by atoms with Gasteiger partial charge in [0.15, 0.2) is 0 Å². The molecule has 0 aromatic heterocycles. The van der Waals surface area contributed by atoms with Crippen LogP contribution in [0.5, 0.6) is 0 Å². The van der Waals surface area contributed by atoms with Crippen molar-refractivity contribution in [2.45, 2.75) is 16.7 Å². The molecule has 14 heavy (non-hydrogen) atoms. The van der Waals surface area contributed by atoms with Crippen LogP contribution in [0.25, 0.3) is 4.13 Å². The Labute approximate surface area is 81.9 Å². The molecule has 1 aliphatic heterocycles. The summed E-state index contributed by atoms with van der Waals surface area (Å²) in [5, 5.41) is 0. The molecule has 0 amide bonds. The number of nitrogens with zero attached hydrogens (tertiary/aromatic N) is 1. The minimum absolute atomic E-state index is 0.225. The van der Waals surface area contributed by atoms with E-state index in [0.717, 1.165) is 0 Å². The third-order valence-electron chi connectivity index (χ3n) is 1.85. The Bertz CT molecular complexity index is 601. The van der Waals surface area contributed by atoms with Gasteiger partial charge in [0, 0.05) is 0 Å². The molecule has 0 saturated heterocycles. The average Bonchev–Trinajstić information content (AvgIpc) is 2.17. The SMILES string of the molecule is Cc1ccc2c(c1)S(=O)(=O)[N-]S2(=O)=O. The van der Waals surface area contributed by atoms with Gasteiger partial charge >= 0.3 is 0 Å². The van der Waals surface area contributed by atoms with Crippen molar-refractivity contribution < 1.29 is 16.8 Å². The second-order valence-electron chi connectivity index (χ2n) is 2.97. The van der Waals surface area contributed by atoms with Crippen molar-refractivity contribution in [3.05, 3.63) is 27.9 Å². The zero-order chi connectivity index (χ0) is 10.6. The van der Waals surface area contributed by atoms with Crippen molar-refractivity contribution in [3.8, 4) is 0 Å². The maximum absolute atomic E-state index is 11.3. The summed E-state index contributed by atoms with van der Waals surface area (Å²) >= 11 is 0. The highest BCUT2D eigenvalue weighted by Crippen LogP contribution is 2.38. The normalized spacial score (nSPS) is 21.8. The molecule has 7 heteroatoms. The first-order valence-electron chi connectivity index (χ1n) is 3.68. The van der Waals surface area contributed by atoms with Crippen LogP contribution < -0.4 is 0 Å². The highest BCUT2D eigenvalue weighted by Gasteiger charge is 2.27. The van der Waals surface area contributed by atoms with Crippen molar-refractivity contribution in [3.63, 3.8) is 0 Å². The zero-order valence-corrected chi connectivity index (χ0v) is 8.76. The van der Waals surface area contributed by atoms with Crippen LogP contribution in [0.3, 0.4) is 0 Å². The van der Waals surface area contributed by atoms with Crippen molar-refractivity contribution in [1.29, 1.82) is 0 Å². The van der Waals surface area contributed by atoms with E-state index in [-0.39, 0.29) is 9.79 Å². The summed E-state index contributed by atoms with van der Waals surface area (Å²) in [5.74, 6) is 0. The van der Waals surface area contributed by atoms with E-state index in [4.69, 9.17) is 0 Å². The molecule has 5 nitrogen and oxygen atoms in total. The molecule has 0 unspecified atom stereocenters. The molecular weight excluding hydrogens is 226 g/mol. The van der Waals surface area contributed by atoms with Gasteiger partial charge in [0.2, 0.25) is 0 Å². The minimum Gasteiger partial charge on any atom is -0.428 e. The van der Waals surface area contributed by atoms with E-state index in [9.17, 15) is 16.8 Å². The van der Waals surface area contributed by atoms with E-state index in [2.05, 4.69) is 4.13 Å². The van der Waals surface area contributed by atoms with E-state index < -0.39 is 20.0 Å².